The van der Waals surface area contributed by atoms with Gasteiger partial charge in [-0.3, -0.25) is 0 Å². The molecule has 0 atom stereocenters. The van der Waals surface area contributed by atoms with Crippen molar-refractivity contribution in [3.8, 4) is 0 Å². The molecule has 0 spiro atoms. The van der Waals surface area contributed by atoms with Crippen LogP contribution in [0.5, 0.6) is 0 Å². The first-order valence-electron chi connectivity index (χ1n) is 3.65. The minimum atomic E-state index is 0. The summed E-state index contributed by atoms with van der Waals surface area (Å²) in [7, 11) is 1.86. The fraction of sp³-hybridized carbons (Fsp3) is 0.200. The summed E-state index contributed by atoms with van der Waals surface area (Å²) in [5.74, 6) is 0. The predicted molar refractivity (Wildman–Crippen MR) is 55.7 cm³/mol. The fourth-order valence-electron chi connectivity index (χ4n) is 0.690. The van der Waals surface area contributed by atoms with E-state index in [1.165, 1.54) is 0 Å². The zero-order chi connectivity index (χ0) is 9.23. The Bertz CT molecular complexity index is 211. The van der Waals surface area contributed by atoms with Crippen LogP contribution in [-0.4, -0.2) is 13.3 Å². The van der Waals surface area contributed by atoms with Crippen LogP contribution in [0.25, 0.3) is 0 Å². The summed E-state index contributed by atoms with van der Waals surface area (Å²) in [4.78, 5) is 0. The zero-order valence-electron chi connectivity index (χ0n) is 7.78. The number of benzene rings is 1. The molecule has 0 aliphatic rings. The van der Waals surface area contributed by atoms with Crippen LogP contribution in [0.15, 0.2) is 36.5 Å². The summed E-state index contributed by atoms with van der Waals surface area (Å²) in [6.07, 6.45) is 6.43. The molecule has 3 heteroatoms. The van der Waals surface area contributed by atoms with E-state index < -0.39 is 0 Å². The smallest absolute Gasteiger partial charge is 0.796 e. The Morgan fingerprint density at radius 2 is 1.77 bits per heavy atom. The van der Waals surface area contributed by atoms with Gasteiger partial charge in [0.25, 0.3) is 0 Å². The summed E-state index contributed by atoms with van der Waals surface area (Å²) in [6.45, 7) is 0. The Kier molecular flexibility index (Phi) is 13.9. The molecule has 1 nitrogen and oxygen atoms in total. The van der Waals surface area contributed by atoms with Crippen LogP contribution in [0.2, 0.25) is 0 Å². The minimum Gasteiger partial charge on any atom is -0.796 e. The quantitative estimate of drug-likeness (QED) is 0.635. The summed E-state index contributed by atoms with van der Waals surface area (Å²) in [5.41, 5.74) is 1.09. The molecule has 1 aromatic rings. The van der Waals surface area contributed by atoms with Crippen LogP contribution in [0.1, 0.15) is 5.56 Å². The van der Waals surface area contributed by atoms with Gasteiger partial charge in [-0.05, 0) is 0 Å². The van der Waals surface area contributed by atoms with Gasteiger partial charge in [0.15, 0.2) is 0 Å². The van der Waals surface area contributed by atoms with E-state index in [2.05, 4.69) is 24.0 Å². The molecule has 0 unspecified atom stereocenters. The van der Waals surface area contributed by atoms with E-state index in [-0.39, 0.29) is 21.1 Å². The number of nitrogens with one attached hydrogen (secondary N) is 1. The first kappa shape index (κ1) is 15.3. The minimum absolute atomic E-state index is 0. The van der Waals surface area contributed by atoms with E-state index in [0.717, 1.165) is 5.56 Å². The van der Waals surface area contributed by atoms with Crippen molar-refractivity contribution in [1.29, 1.82) is 0 Å². The van der Waals surface area contributed by atoms with E-state index in [4.69, 9.17) is 0 Å². The van der Waals surface area contributed by atoms with E-state index in [9.17, 15) is 0 Å². The van der Waals surface area contributed by atoms with Gasteiger partial charge in [0.05, 0.1) is 0 Å². The molecule has 0 amide bonds. The predicted octanol–water partition coefficient (Wildman–Crippen LogP) is 1.73. The van der Waals surface area contributed by atoms with Crippen molar-refractivity contribution in [2.24, 2.45) is 0 Å². The van der Waals surface area contributed by atoms with Gasteiger partial charge in [0.1, 0.15) is 0 Å². The number of rotatable bonds is 2. The molecule has 1 rings (SSSR count). The van der Waals surface area contributed by atoms with Gasteiger partial charge in [0, 0.05) is 7.05 Å². The molecule has 13 heavy (non-hydrogen) atoms. The summed E-state index contributed by atoms with van der Waals surface area (Å²) in [5, 5.41) is 2.88. The Morgan fingerprint density at radius 3 is 2.23 bits per heavy atom. The molecular formula is C10H13NSW. The molecule has 0 aromatic heterocycles. The second kappa shape index (κ2) is 11.8. The van der Waals surface area contributed by atoms with Crippen LogP contribution in [-0.2, 0) is 33.7 Å². The third-order valence-electron chi connectivity index (χ3n) is 1.16. The Hall–Kier alpha value is -0.202. The van der Waals surface area contributed by atoms with E-state index in [0.29, 0.717) is 0 Å². The molecule has 0 radical (unpaired) electrons. The molecule has 0 aliphatic heterocycles. The van der Waals surface area contributed by atoms with Crippen molar-refractivity contribution in [3.63, 3.8) is 0 Å². The van der Waals surface area contributed by atoms with Crippen LogP contribution in [0.4, 0.5) is 0 Å². The van der Waals surface area contributed by atoms with Gasteiger partial charge in [0.2, 0.25) is 0 Å². The van der Waals surface area contributed by atoms with Gasteiger partial charge >= 0.3 is 21.1 Å². The van der Waals surface area contributed by atoms with Gasteiger partial charge in [-0.25, -0.2) is 0 Å². The number of hydrogen-bond acceptors (Lipinski definition) is 2. The summed E-state index contributed by atoms with van der Waals surface area (Å²) >= 11 is 4.08. The normalized spacial score (nSPS) is 8.23. The average molecular weight is 363 g/mol. The van der Waals surface area contributed by atoms with E-state index in [1.807, 2.05) is 37.4 Å². The van der Waals surface area contributed by atoms with Gasteiger partial charge < -0.3 is 17.9 Å². The fourth-order valence-corrected chi connectivity index (χ4v) is 0.690. The average Bonchev–Trinajstić information content (AvgIpc) is 2.19. The van der Waals surface area contributed by atoms with Crippen molar-refractivity contribution in [3.05, 3.63) is 48.2 Å². The van der Waals surface area contributed by atoms with Crippen molar-refractivity contribution in [1.82, 2.24) is 5.32 Å². The van der Waals surface area contributed by atoms with Crippen LogP contribution < -0.4 is 5.32 Å². The third-order valence-corrected chi connectivity index (χ3v) is 1.16. The molecule has 0 fully saturated rings. The first-order chi connectivity index (χ1) is 5.93. The Labute approximate surface area is 100 Å². The second-order valence-electron chi connectivity index (χ2n) is 1.94. The molecule has 0 bridgehead atoms. The maximum atomic E-state index is 4.08. The van der Waals surface area contributed by atoms with E-state index >= 15 is 0 Å². The Morgan fingerprint density at radius 1 is 1.23 bits per heavy atom. The van der Waals surface area contributed by atoms with Crippen LogP contribution in [0, 0.1) is 6.08 Å². The summed E-state index contributed by atoms with van der Waals surface area (Å²) in [6, 6.07) is 9.99. The molecule has 70 valence electrons. The van der Waals surface area contributed by atoms with Crippen LogP contribution in [0.3, 0.4) is 0 Å². The molecule has 1 N–H and O–H groups in total. The SMILES string of the molecule is CNC=[C-]c1ccccc1.C[S-].[W+2]. The van der Waals surface area contributed by atoms with Crippen molar-refractivity contribution in [2.45, 2.75) is 0 Å². The second-order valence-corrected chi connectivity index (χ2v) is 1.94. The number of hydrogen-bond donors (Lipinski definition) is 1. The van der Waals surface area contributed by atoms with Gasteiger partial charge in [-0.15, -0.1) is 12.1 Å². The molecule has 1 aromatic carbocycles. The largest absolute Gasteiger partial charge is 2.00 e. The van der Waals surface area contributed by atoms with E-state index in [1.54, 1.807) is 12.5 Å². The first-order valence-corrected chi connectivity index (χ1v) is 4.46. The topological polar surface area (TPSA) is 12.0 Å². The standard InChI is InChI=1S/C9H10N.CH4S.W/c1-10-8-7-9-5-3-2-4-6-9;1-2;/h2-6,8,10H,1H3;2H,1H3;/q-1;;+2/p-1. The maximum absolute atomic E-state index is 4.08. The molecule has 0 heterocycles. The molecule has 0 saturated carbocycles. The van der Waals surface area contributed by atoms with Crippen molar-refractivity contribution < 1.29 is 21.1 Å². The summed E-state index contributed by atoms with van der Waals surface area (Å²) < 4.78 is 0. The zero-order valence-corrected chi connectivity index (χ0v) is 11.5. The molecular weight excluding hydrogens is 350 g/mol. The monoisotopic (exact) mass is 363 g/mol. The van der Waals surface area contributed by atoms with Gasteiger partial charge in [-0.1, -0.05) is 12.3 Å². The van der Waals surface area contributed by atoms with Gasteiger partial charge in [-0.2, -0.15) is 30.0 Å². The van der Waals surface area contributed by atoms with Crippen LogP contribution >= 0.6 is 0 Å². The van der Waals surface area contributed by atoms with Crippen molar-refractivity contribution >= 4 is 12.6 Å². The molecule has 0 aliphatic carbocycles. The third kappa shape index (κ3) is 8.14. The molecule has 0 saturated heterocycles. The Balaban J connectivity index is 0. The maximum Gasteiger partial charge on any atom is 2.00 e. The van der Waals surface area contributed by atoms with Crippen molar-refractivity contribution in [2.75, 3.05) is 13.3 Å².